The lowest BCUT2D eigenvalue weighted by Crippen LogP contribution is -2.57. The quantitative estimate of drug-likeness (QED) is 0.871. The van der Waals surface area contributed by atoms with Gasteiger partial charge in [-0.2, -0.15) is 0 Å². The first-order valence-electron chi connectivity index (χ1n) is 7.99. The van der Waals surface area contributed by atoms with Crippen molar-refractivity contribution >= 4 is 27.4 Å². The lowest BCUT2D eigenvalue weighted by atomic mass is 9.48. The fourth-order valence-corrected chi connectivity index (χ4v) is 5.99. The molecule has 0 aromatic carbocycles. The summed E-state index contributed by atoms with van der Waals surface area (Å²) in [6.45, 7) is 8.29. The second kappa shape index (κ2) is 4.65. The predicted octanol–water partition coefficient (Wildman–Crippen LogP) is 3.11. The first kappa shape index (κ1) is 14.4. The van der Waals surface area contributed by atoms with Gasteiger partial charge in [0.1, 0.15) is 12.1 Å². The van der Waals surface area contributed by atoms with Gasteiger partial charge in [0.15, 0.2) is 0 Å². The summed E-state index contributed by atoms with van der Waals surface area (Å²) in [5, 5.41) is 2.12. The molecule has 2 aromatic rings. The minimum Gasteiger partial charge on any atom is -0.354 e. The van der Waals surface area contributed by atoms with E-state index >= 15 is 0 Å². The molecular weight excluding hydrogens is 292 g/mol. The molecule has 0 bridgehead atoms. The Morgan fingerprint density at radius 1 is 1.36 bits per heavy atom. The number of fused-ring (bicyclic) bond motifs is 2. The van der Waals surface area contributed by atoms with Crippen LogP contribution in [0.4, 0.5) is 5.82 Å². The number of hydrogen-bond donors (Lipinski definition) is 0. The first-order valence-corrected chi connectivity index (χ1v) is 8.87. The van der Waals surface area contributed by atoms with E-state index in [4.69, 9.17) is 0 Å². The molecule has 5 heteroatoms. The maximum Gasteiger partial charge on any atom is 0.150 e. The Labute approximate surface area is 136 Å². The van der Waals surface area contributed by atoms with Gasteiger partial charge in [-0.05, 0) is 43.3 Å². The Morgan fingerprint density at radius 3 is 2.91 bits per heavy atom. The van der Waals surface area contributed by atoms with Crippen molar-refractivity contribution in [2.45, 2.75) is 20.3 Å². The summed E-state index contributed by atoms with van der Waals surface area (Å²) in [5.41, 5.74) is 1.96. The highest BCUT2D eigenvalue weighted by atomic mass is 32.1. The van der Waals surface area contributed by atoms with E-state index < -0.39 is 0 Å². The topological polar surface area (TPSA) is 32.3 Å². The van der Waals surface area contributed by atoms with Crippen LogP contribution in [-0.4, -0.2) is 48.6 Å². The molecule has 2 atom stereocenters. The smallest absolute Gasteiger partial charge is 0.150 e. The lowest BCUT2D eigenvalue weighted by Gasteiger charge is -2.57. The highest BCUT2D eigenvalue weighted by Gasteiger charge is 2.62. The number of nitrogens with zero attached hydrogens (tertiary/aromatic N) is 4. The minimum absolute atomic E-state index is 0.432. The van der Waals surface area contributed by atoms with Crippen LogP contribution >= 0.6 is 11.3 Å². The van der Waals surface area contributed by atoms with Crippen molar-refractivity contribution in [3.05, 3.63) is 17.8 Å². The van der Waals surface area contributed by atoms with Gasteiger partial charge >= 0.3 is 0 Å². The number of anilines is 1. The summed E-state index contributed by atoms with van der Waals surface area (Å²) in [7, 11) is 4.39. The molecule has 1 saturated carbocycles. The van der Waals surface area contributed by atoms with Gasteiger partial charge in [-0.15, -0.1) is 11.3 Å². The molecule has 1 aliphatic carbocycles. The molecule has 4 rings (SSSR count). The Morgan fingerprint density at radius 2 is 2.18 bits per heavy atom. The van der Waals surface area contributed by atoms with Crippen LogP contribution in [0.5, 0.6) is 0 Å². The Hall–Kier alpha value is -1.20. The lowest BCUT2D eigenvalue weighted by molar-refractivity contribution is -0.0787. The Bertz CT molecular complexity index is 704. The van der Waals surface area contributed by atoms with E-state index in [0.29, 0.717) is 10.8 Å². The van der Waals surface area contributed by atoms with E-state index in [1.165, 1.54) is 17.7 Å². The number of hydrogen-bond acceptors (Lipinski definition) is 5. The third-order valence-electron chi connectivity index (χ3n) is 5.55. The van der Waals surface area contributed by atoms with Crippen molar-refractivity contribution in [3.63, 3.8) is 0 Å². The SMILES string of the molecule is CN(C)C[C@@]12CN(c3ncnc4ccsc34)C[C@@H]1C(C)(C)C2. The van der Waals surface area contributed by atoms with Gasteiger partial charge < -0.3 is 9.80 Å². The van der Waals surface area contributed by atoms with E-state index in [-0.39, 0.29) is 0 Å². The summed E-state index contributed by atoms with van der Waals surface area (Å²) in [5.74, 6) is 1.90. The molecule has 4 nitrogen and oxygen atoms in total. The molecule has 0 unspecified atom stereocenters. The zero-order chi connectivity index (χ0) is 15.5. The molecular formula is C17H24N4S. The van der Waals surface area contributed by atoms with Crippen molar-refractivity contribution in [1.29, 1.82) is 0 Å². The standard InChI is InChI=1S/C17H24N4S/c1-16(2)8-17(9-20(3)4)10-21(7-13(16)17)15-14-12(5-6-22-14)18-11-19-15/h5-6,11,13H,7-10H2,1-4H3/t13-,17+/m1/s1. The zero-order valence-electron chi connectivity index (χ0n) is 13.8. The number of thiophene rings is 1. The van der Waals surface area contributed by atoms with Crippen LogP contribution in [0.15, 0.2) is 17.8 Å². The normalized spacial score (nSPS) is 29.9. The van der Waals surface area contributed by atoms with Crippen LogP contribution in [0, 0.1) is 16.7 Å². The third kappa shape index (κ3) is 1.98. The van der Waals surface area contributed by atoms with E-state index in [0.717, 1.165) is 30.3 Å². The molecule has 0 radical (unpaired) electrons. The monoisotopic (exact) mass is 316 g/mol. The molecule has 22 heavy (non-hydrogen) atoms. The zero-order valence-corrected chi connectivity index (χ0v) is 14.7. The fourth-order valence-electron chi connectivity index (χ4n) is 5.13. The van der Waals surface area contributed by atoms with Gasteiger partial charge in [0, 0.05) is 25.0 Å². The van der Waals surface area contributed by atoms with E-state index in [1.807, 2.05) is 0 Å². The average molecular weight is 316 g/mol. The molecule has 2 fully saturated rings. The van der Waals surface area contributed by atoms with Crippen molar-refractivity contribution in [3.8, 4) is 0 Å². The summed E-state index contributed by atoms with van der Waals surface area (Å²) in [6.07, 6.45) is 3.03. The summed E-state index contributed by atoms with van der Waals surface area (Å²) in [4.78, 5) is 13.9. The summed E-state index contributed by atoms with van der Waals surface area (Å²) >= 11 is 1.76. The highest BCUT2D eigenvalue weighted by molar-refractivity contribution is 7.17. The molecule has 3 heterocycles. The van der Waals surface area contributed by atoms with E-state index in [1.54, 1.807) is 17.7 Å². The van der Waals surface area contributed by atoms with Crippen molar-refractivity contribution in [2.24, 2.45) is 16.7 Å². The molecule has 0 amide bonds. The van der Waals surface area contributed by atoms with Crippen molar-refractivity contribution in [2.75, 3.05) is 38.6 Å². The molecule has 1 aliphatic heterocycles. The summed E-state index contributed by atoms with van der Waals surface area (Å²) in [6, 6.07) is 2.09. The van der Waals surface area contributed by atoms with Crippen LogP contribution < -0.4 is 4.90 Å². The molecule has 2 aromatic heterocycles. The van der Waals surface area contributed by atoms with E-state index in [9.17, 15) is 0 Å². The predicted molar refractivity (Wildman–Crippen MR) is 92.5 cm³/mol. The van der Waals surface area contributed by atoms with Gasteiger partial charge in [0.25, 0.3) is 0 Å². The maximum atomic E-state index is 4.63. The Balaban J connectivity index is 1.69. The van der Waals surface area contributed by atoms with Crippen molar-refractivity contribution in [1.82, 2.24) is 14.9 Å². The minimum atomic E-state index is 0.432. The van der Waals surface area contributed by atoms with Crippen LogP contribution in [0.1, 0.15) is 20.3 Å². The van der Waals surface area contributed by atoms with Crippen LogP contribution in [0.3, 0.4) is 0 Å². The molecule has 118 valence electrons. The highest BCUT2D eigenvalue weighted by Crippen LogP contribution is 2.63. The van der Waals surface area contributed by atoms with Gasteiger partial charge in [0.05, 0.1) is 10.2 Å². The van der Waals surface area contributed by atoms with Crippen LogP contribution in [-0.2, 0) is 0 Å². The Kier molecular flexibility index (Phi) is 3.04. The van der Waals surface area contributed by atoms with Crippen molar-refractivity contribution < 1.29 is 0 Å². The van der Waals surface area contributed by atoms with Gasteiger partial charge in [-0.25, -0.2) is 9.97 Å². The van der Waals surface area contributed by atoms with Gasteiger partial charge in [0.2, 0.25) is 0 Å². The third-order valence-corrected chi connectivity index (χ3v) is 6.45. The van der Waals surface area contributed by atoms with Crippen LogP contribution in [0.2, 0.25) is 0 Å². The average Bonchev–Trinajstić information content (AvgIpc) is 3.00. The fraction of sp³-hybridized carbons (Fsp3) is 0.647. The molecule has 1 saturated heterocycles. The van der Waals surface area contributed by atoms with Crippen LogP contribution in [0.25, 0.3) is 10.2 Å². The number of aromatic nitrogens is 2. The number of rotatable bonds is 3. The van der Waals surface area contributed by atoms with E-state index in [2.05, 4.69) is 59.2 Å². The van der Waals surface area contributed by atoms with Gasteiger partial charge in [-0.1, -0.05) is 13.8 Å². The molecule has 2 aliphatic rings. The summed E-state index contributed by atoms with van der Waals surface area (Å²) < 4.78 is 1.24. The first-order chi connectivity index (χ1) is 10.4. The van der Waals surface area contributed by atoms with Gasteiger partial charge in [-0.3, -0.25) is 0 Å². The second-order valence-electron chi connectivity index (χ2n) is 8.03. The maximum absolute atomic E-state index is 4.63. The molecule has 0 spiro atoms. The largest absolute Gasteiger partial charge is 0.354 e. The molecule has 0 N–H and O–H groups in total. The second-order valence-corrected chi connectivity index (χ2v) is 8.95.